The number of carbonyl (C=O) groups excluding carboxylic acids is 1. The van der Waals surface area contributed by atoms with E-state index in [2.05, 4.69) is 25.5 Å². The van der Waals surface area contributed by atoms with Crippen molar-refractivity contribution in [3.05, 3.63) is 71.5 Å². The highest BCUT2D eigenvalue weighted by atomic mass is 19.4. The molecule has 1 fully saturated rings. The van der Waals surface area contributed by atoms with Crippen LogP contribution in [0.25, 0.3) is 0 Å². The molecule has 33 heavy (non-hydrogen) atoms. The summed E-state index contributed by atoms with van der Waals surface area (Å²) >= 11 is 0. The Morgan fingerprint density at radius 2 is 1.70 bits per heavy atom. The first-order valence-electron chi connectivity index (χ1n) is 10.3. The molecule has 0 atom stereocenters. The molecule has 172 valence electrons. The maximum atomic E-state index is 12.9. The van der Waals surface area contributed by atoms with E-state index >= 15 is 0 Å². The number of morpholine rings is 1. The molecule has 2 aromatic carbocycles. The number of hydrogen-bond acceptors (Lipinski definition) is 6. The van der Waals surface area contributed by atoms with Gasteiger partial charge in [-0.15, -0.1) is 0 Å². The van der Waals surface area contributed by atoms with Crippen LogP contribution in [0.15, 0.2) is 54.6 Å². The van der Waals surface area contributed by atoms with Crippen molar-refractivity contribution < 1.29 is 22.7 Å². The number of ether oxygens (including phenoxy) is 1. The van der Waals surface area contributed by atoms with Gasteiger partial charge in [0.15, 0.2) is 0 Å². The number of carbonyl (C=O) groups is 1. The first-order chi connectivity index (χ1) is 15.8. The van der Waals surface area contributed by atoms with Gasteiger partial charge in [-0.05, 0) is 49.4 Å². The van der Waals surface area contributed by atoms with E-state index in [9.17, 15) is 18.0 Å². The Kier molecular flexibility index (Phi) is 6.45. The van der Waals surface area contributed by atoms with Crippen molar-refractivity contribution in [1.29, 1.82) is 0 Å². The lowest BCUT2D eigenvalue weighted by molar-refractivity contribution is -0.137. The van der Waals surface area contributed by atoms with Gasteiger partial charge in [0.2, 0.25) is 0 Å². The van der Waals surface area contributed by atoms with Crippen LogP contribution in [0.3, 0.4) is 0 Å². The molecule has 4 rings (SSSR count). The number of hydrogen-bond donors (Lipinski definition) is 2. The first kappa shape index (κ1) is 22.5. The molecule has 1 saturated heterocycles. The Morgan fingerprint density at radius 3 is 2.39 bits per heavy atom. The summed E-state index contributed by atoms with van der Waals surface area (Å²) in [4.78, 5) is 23.4. The van der Waals surface area contributed by atoms with Crippen LogP contribution in [-0.4, -0.2) is 42.2 Å². The molecule has 0 saturated carbocycles. The van der Waals surface area contributed by atoms with Crippen LogP contribution in [0, 0.1) is 6.92 Å². The standard InChI is InChI=1S/C23H22F3N5O2/c1-15-27-20(14-21(28-15)31-9-11-33-12-10-31)29-18-5-7-19(8-6-18)30-22(32)16-3-2-4-17(13-16)23(24,25)26/h2-8,13-14H,9-12H2,1H3,(H,30,32)(H,27,28,29). The van der Waals surface area contributed by atoms with Gasteiger partial charge in [0.05, 0.1) is 18.8 Å². The molecule has 7 nitrogen and oxygen atoms in total. The molecule has 0 radical (unpaired) electrons. The summed E-state index contributed by atoms with van der Waals surface area (Å²) < 4.78 is 44.0. The van der Waals surface area contributed by atoms with Crippen molar-refractivity contribution in [2.75, 3.05) is 41.8 Å². The number of nitrogens with zero attached hydrogens (tertiary/aromatic N) is 3. The predicted molar refractivity (Wildman–Crippen MR) is 119 cm³/mol. The largest absolute Gasteiger partial charge is 0.416 e. The van der Waals surface area contributed by atoms with E-state index in [0.717, 1.165) is 36.7 Å². The zero-order chi connectivity index (χ0) is 23.4. The van der Waals surface area contributed by atoms with Crippen molar-refractivity contribution in [2.24, 2.45) is 0 Å². The van der Waals surface area contributed by atoms with Gasteiger partial charge in [0.25, 0.3) is 5.91 Å². The van der Waals surface area contributed by atoms with E-state index in [4.69, 9.17) is 4.74 Å². The number of amides is 1. The van der Waals surface area contributed by atoms with Crippen LogP contribution < -0.4 is 15.5 Å². The van der Waals surface area contributed by atoms with Gasteiger partial charge >= 0.3 is 6.18 Å². The summed E-state index contributed by atoms with van der Waals surface area (Å²) in [6, 6.07) is 13.0. The molecule has 1 aromatic heterocycles. The van der Waals surface area contributed by atoms with E-state index < -0.39 is 17.6 Å². The maximum Gasteiger partial charge on any atom is 0.416 e. The number of alkyl halides is 3. The molecule has 0 bridgehead atoms. The SMILES string of the molecule is Cc1nc(Nc2ccc(NC(=O)c3cccc(C(F)(F)F)c3)cc2)cc(N2CCOCC2)n1. The van der Waals surface area contributed by atoms with Gasteiger partial charge in [-0.3, -0.25) is 4.79 Å². The van der Waals surface area contributed by atoms with Gasteiger partial charge in [-0.1, -0.05) is 6.07 Å². The third-order valence-corrected chi connectivity index (χ3v) is 5.03. The lowest BCUT2D eigenvalue weighted by Crippen LogP contribution is -2.36. The molecule has 10 heteroatoms. The van der Waals surface area contributed by atoms with E-state index in [-0.39, 0.29) is 5.56 Å². The van der Waals surface area contributed by atoms with Crippen LogP contribution in [0.1, 0.15) is 21.7 Å². The fourth-order valence-electron chi connectivity index (χ4n) is 3.40. The van der Waals surface area contributed by atoms with Crippen LogP contribution in [0.4, 0.5) is 36.2 Å². The molecule has 1 aliphatic heterocycles. The molecule has 1 amide bonds. The van der Waals surface area contributed by atoms with Gasteiger partial charge in [0, 0.05) is 36.1 Å². The van der Waals surface area contributed by atoms with Crippen molar-refractivity contribution in [3.63, 3.8) is 0 Å². The molecule has 0 spiro atoms. The van der Waals surface area contributed by atoms with Crippen molar-refractivity contribution in [3.8, 4) is 0 Å². The molecule has 2 heterocycles. The summed E-state index contributed by atoms with van der Waals surface area (Å²) in [7, 11) is 0. The lowest BCUT2D eigenvalue weighted by atomic mass is 10.1. The molecule has 3 aromatic rings. The number of rotatable bonds is 5. The fraction of sp³-hybridized carbons (Fsp3) is 0.261. The second kappa shape index (κ2) is 9.45. The molecular weight excluding hydrogens is 435 g/mol. The number of anilines is 4. The van der Waals surface area contributed by atoms with Crippen molar-refractivity contribution >= 4 is 28.9 Å². The first-order valence-corrected chi connectivity index (χ1v) is 10.3. The molecule has 1 aliphatic rings. The molecular formula is C23H22F3N5O2. The highest BCUT2D eigenvalue weighted by molar-refractivity contribution is 6.04. The minimum Gasteiger partial charge on any atom is -0.378 e. The van der Waals surface area contributed by atoms with Crippen molar-refractivity contribution in [1.82, 2.24) is 9.97 Å². The van der Waals surface area contributed by atoms with Gasteiger partial charge < -0.3 is 20.3 Å². The second-order valence-electron chi connectivity index (χ2n) is 7.49. The van der Waals surface area contributed by atoms with E-state index in [0.29, 0.717) is 30.5 Å². The van der Waals surface area contributed by atoms with Crippen LogP contribution in [0.5, 0.6) is 0 Å². The van der Waals surface area contributed by atoms with E-state index in [1.165, 1.54) is 12.1 Å². The zero-order valence-electron chi connectivity index (χ0n) is 17.8. The summed E-state index contributed by atoms with van der Waals surface area (Å²) in [5.74, 6) is 1.46. The summed E-state index contributed by atoms with van der Waals surface area (Å²) in [6.45, 7) is 4.65. The minimum atomic E-state index is -4.51. The van der Waals surface area contributed by atoms with E-state index in [1.807, 2.05) is 13.0 Å². The topological polar surface area (TPSA) is 79.4 Å². The number of nitrogens with one attached hydrogen (secondary N) is 2. The second-order valence-corrected chi connectivity index (χ2v) is 7.49. The lowest BCUT2D eigenvalue weighted by Gasteiger charge is -2.28. The van der Waals surface area contributed by atoms with Crippen LogP contribution in [0.2, 0.25) is 0 Å². The van der Waals surface area contributed by atoms with Crippen molar-refractivity contribution in [2.45, 2.75) is 13.1 Å². The number of aromatic nitrogens is 2. The minimum absolute atomic E-state index is 0.0703. The van der Waals surface area contributed by atoms with Gasteiger partial charge in [0.1, 0.15) is 17.5 Å². The third-order valence-electron chi connectivity index (χ3n) is 5.03. The highest BCUT2D eigenvalue weighted by Crippen LogP contribution is 2.30. The Labute approximate surface area is 188 Å². The van der Waals surface area contributed by atoms with Crippen LogP contribution in [-0.2, 0) is 10.9 Å². The summed E-state index contributed by atoms with van der Waals surface area (Å²) in [6.07, 6.45) is -4.51. The number of benzene rings is 2. The average Bonchev–Trinajstić information content (AvgIpc) is 2.80. The Morgan fingerprint density at radius 1 is 1.00 bits per heavy atom. The Hall–Kier alpha value is -3.66. The average molecular weight is 457 g/mol. The highest BCUT2D eigenvalue weighted by Gasteiger charge is 2.30. The molecule has 0 unspecified atom stereocenters. The quantitative estimate of drug-likeness (QED) is 0.581. The monoisotopic (exact) mass is 457 g/mol. The molecule has 2 N–H and O–H groups in total. The number of aryl methyl sites for hydroxylation is 1. The Balaban J connectivity index is 1.43. The summed E-state index contributed by atoms with van der Waals surface area (Å²) in [5, 5.41) is 5.82. The Bertz CT molecular complexity index is 1130. The third kappa shape index (κ3) is 5.78. The maximum absolute atomic E-state index is 12.9. The smallest absolute Gasteiger partial charge is 0.378 e. The number of halogens is 3. The van der Waals surface area contributed by atoms with Crippen LogP contribution >= 0.6 is 0 Å². The summed E-state index contributed by atoms with van der Waals surface area (Å²) in [5.41, 5.74) is 0.249. The normalized spacial score (nSPS) is 14.1. The van der Waals surface area contributed by atoms with Gasteiger partial charge in [-0.2, -0.15) is 13.2 Å². The zero-order valence-corrected chi connectivity index (χ0v) is 17.8. The molecule has 0 aliphatic carbocycles. The van der Waals surface area contributed by atoms with E-state index in [1.54, 1.807) is 24.3 Å². The van der Waals surface area contributed by atoms with Gasteiger partial charge in [-0.25, -0.2) is 9.97 Å². The fourth-order valence-corrected chi connectivity index (χ4v) is 3.40. The predicted octanol–water partition coefficient (Wildman–Crippen LogP) is 4.64.